The van der Waals surface area contributed by atoms with Crippen molar-refractivity contribution in [3.05, 3.63) is 57.8 Å². The normalized spacial score (nSPS) is 13.8. The van der Waals surface area contributed by atoms with E-state index in [1.54, 1.807) is 35.4 Å². The first-order valence-corrected chi connectivity index (χ1v) is 8.32. The van der Waals surface area contributed by atoms with E-state index in [0.717, 1.165) is 34.4 Å². The zero-order chi connectivity index (χ0) is 16.7. The van der Waals surface area contributed by atoms with E-state index >= 15 is 0 Å². The van der Waals surface area contributed by atoms with E-state index in [9.17, 15) is 4.79 Å². The van der Waals surface area contributed by atoms with Gasteiger partial charge in [-0.25, -0.2) is 9.78 Å². The Morgan fingerprint density at radius 3 is 2.79 bits per heavy atom. The van der Waals surface area contributed by atoms with E-state index in [2.05, 4.69) is 15.3 Å². The van der Waals surface area contributed by atoms with E-state index in [-0.39, 0.29) is 6.03 Å². The molecule has 0 saturated carbocycles. The van der Waals surface area contributed by atoms with E-state index in [0.29, 0.717) is 23.1 Å². The molecule has 1 aliphatic heterocycles. The number of amides is 2. The summed E-state index contributed by atoms with van der Waals surface area (Å²) in [5, 5.41) is 5.10. The molecule has 0 atom stereocenters. The molecule has 2 N–H and O–H groups in total. The summed E-state index contributed by atoms with van der Waals surface area (Å²) in [7, 11) is 0. The third kappa shape index (κ3) is 2.81. The van der Waals surface area contributed by atoms with Crippen molar-refractivity contribution < 1.29 is 4.79 Å². The molecule has 1 aromatic carbocycles. The second kappa shape index (κ2) is 6.00. The van der Waals surface area contributed by atoms with Gasteiger partial charge in [-0.2, -0.15) is 0 Å². The molecule has 0 bridgehead atoms. The number of nitrogens with zero attached hydrogens (tertiary/aromatic N) is 2. The number of carbonyl (C=O) groups is 1. The van der Waals surface area contributed by atoms with Gasteiger partial charge >= 0.3 is 6.03 Å². The minimum atomic E-state index is -0.132. The van der Waals surface area contributed by atoms with Crippen LogP contribution in [0.25, 0.3) is 11.0 Å². The van der Waals surface area contributed by atoms with E-state index in [1.807, 2.05) is 6.07 Å². The number of anilines is 1. The van der Waals surface area contributed by atoms with Gasteiger partial charge in [0.15, 0.2) is 0 Å². The number of carbonyl (C=O) groups excluding carboxylic acids is 1. The third-order valence-electron chi connectivity index (χ3n) is 4.18. The summed E-state index contributed by atoms with van der Waals surface area (Å²) in [6.07, 6.45) is 2.38. The average molecular weight is 361 g/mol. The third-order valence-corrected chi connectivity index (χ3v) is 4.64. The number of benzene rings is 1. The fourth-order valence-corrected chi connectivity index (χ4v) is 3.25. The smallest absolute Gasteiger partial charge is 0.322 e. The topological polar surface area (TPSA) is 61.0 Å². The van der Waals surface area contributed by atoms with Gasteiger partial charge in [-0.05, 0) is 30.3 Å². The molecule has 0 aliphatic carbocycles. The highest BCUT2D eigenvalue weighted by Gasteiger charge is 2.24. The Kier molecular flexibility index (Phi) is 3.82. The molecule has 3 aromatic rings. The van der Waals surface area contributed by atoms with Gasteiger partial charge in [-0.15, -0.1) is 0 Å². The largest absolute Gasteiger partial charge is 0.343 e. The average Bonchev–Trinajstić information content (AvgIpc) is 2.94. The van der Waals surface area contributed by atoms with Gasteiger partial charge in [0.1, 0.15) is 5.65 Å². The van der Waals surface area contributed by atoms with Gasteiger partial charge in [0.05, 0.1) is 5.02 Å². The molecular weight excluding hydrogens is 347 g/mol. The van der Waals surface area contributed by atoms with E-state index in [1.165, 1.54) is 0 Å². The highest BCUT2D eigenvalue weighted by atomic mass is 35.5. The lowest BCUT2D eigenvalue weighted by Crippen LogP contribution is -2.38. The summed E-state index contributed by atoms with van der Waals surface area (Å²) in [5.74, 6) is 0. The lowest BCUT2D eigenvalue weighted by atomic mass is 10.1. The number of fused-ring (bicyclic) bond motifs is 3. The predicted molar refractivity (Wildman–Crippen MR) is 95.7 cm³/mol. The highest BCUT2D eigenvalue weighted by molar-refractivity contribution is 6.31. The zero-order valence-electron chi connectivity index (χ0n) is 12.6. The van der Waals surface area contributed by atoms with E-state index in [4.69, 9.17) is 23.2 Å². The van der Waals surface area contributed by atoms with Crippen LogP contribution >= 0.6 is 23.2 Å². The van der Waals surface area contributed by atoms with Crippen LogP contribution in [0.3, 0.4) is 0 Å². The predicted octanol–water partition coefficient (Wildman–Crippen LogP) is 4.46. The second-order valence-electron chi connectivity index (χ2n) is 5.74. The van der Waals surface area contributed by atoms with Gasteiger partial charge in [-0.1, -0.05) is 23.2 Å². The molecule has 7 heteroatoms. The maximum atomic E-state index is 12.5. The number of H-pyrrole nitrogens is 1. The Morgan fingerprint density at radius 2 is 2.00 bits per heavy atom. The van der Waals surface area contributed by atoms with Gasteiger partial charge in [0, 0.05) is 53.1 Å². The molecule has 122 valence electrons. The van der Waals surface area contributed by atoms with Gasteiger partial charge in [0.2, 0.25) is 0 Å². The van der Waals surface area contributed by atoms with Crippen LogP contribution in [0.5, 0.6) is 0 Å². The van der Waals surface area contributed by atoms with Crippen molar-refractivity contribution in [3.8, 4) is 0 Å². The molecule has 0 saturated heterocycles. The van der Waals surface area contributed by atoms with Crippen molar-refractivity contribution in [3.63, 3.8) is 0 Å². The number of hydrogen-bond donors (Lipinski definition) is 2. The summed E-state index contributed by atoms with van der Waals surface area (Å²) >= 11 is 11.9. The fourth-order valence-electron chi connectivity index (χ4n) is 2.97. The molecular formula is C17H14Cl2N4O. The van der Waals surface area contributed by atoms with Crippen molar-refractivity contribution in [2.45, 2.75) is 13.0 Å². The van der Waals surface area contributed by atoms with Crippen LogP contribution in [0.2, 0.25) is 10.0 Å². The monoisotopic (exact) mass is 360 g/mol. The maximum absolute atomic E-state index is 12.5. The molecule has 5 nitrogen and oxygen atoms in total. The number of nitrogens with one attached hydrogen (secondary N) is 2. The summed E-state index contributed by atoms with van der Waals surface area (Å²) in [4.78, 5) is 21.9. The molecule has 2 amide bonds. The Hall–Kier alpha value is -2.24. The number of halogens is 2. The second-order valence-corrected chi connectivity index (χ2v) is 6.61. The van der Waals surface area contributed by atoms with Gasteiger partial charge in [0.25, 0.3) is 0 Å². The van der Waals surface area contributed by atoms with Crippen molar-refractivity contribution in [2.75, 3.05) is 11.9 Å². The van der Waals surface area contributed by atoms with Crippen LogP contribution < -0.4 is 5.32 Å². The minimum Gasteiger partial charge on any atom is -0.343 e. The van der Waals surface area contributed by atoms with E-state index < -0.39 is 0 Å². The Bertz CT molecular complexity index is 920. The molecule has 1 aliphatic rings. The lowest BCUT2D eigenvalue weighted by Gasteiger charge is -2.27. The van der Waals surface area contributed by atoms with Crippen LogP contribution in [0.1, 0.15) is 11.3 Å². The standard InChI is InChI=1S/C17H14Cl2N4O/c18-10-1-3-12(4-2-10)21-17(24)23-6-5-15-14(9-23)13-7-11(19)8-20-16(13)22-15/h1-4,7-8H,5-6,9H2,(H,20,22)(H,21,24). The molecule has 0 spiro atoms. The van der Waals surface area contributed by atoms with Crippen LogP contribution in [-0.4, -0.2) is 27.4 Å². The number of urea groups is 1. The van der Waals surface area contributed by atoms with Crippen LogP contribution in [0, 0.1) is 0 Å². The van der Waals surface area contributed by atoms with Gasteiger partial charge < -0.3 is 15.2 Å². The first-order chi connectivity index (χ1) is 11.6. The number of rotatable bonds is 1. The quantitative estimate of drug-likeness (QED) is 0.672. The minimum absolute atomic E-state index is 0.132. The molecule has 3 heterocycles. The summed E-state index contributed by atoms with van der Waals surface area (Å²) < 4.78 is 0. The van der Waals surface area contributed by atoms with Crippen molar-refractivity contribution in [1.82, 2.24) is 14.9 Å². The van der Waals surface area contributed by atoms with Crippen LogP contribution in [-0.2, 0) is 13.0 Å². The number of aromatic nitrogens is 2. The summed E-state index contributed by atoms with van der Waals surface area (Å²) in [6.45, 7) is 1.17. The van der Waals surface area contributed by atoms with Crippen molar-refractivity contribution in [2.24, 2.45) is 0 Å². The molecule has 24 heavy (non-hydrogen) atoms. The Morgan fingerprint density at radius 1 is 1.21 bits per heavy atom. The number of aromatic amines is 1. The first-order valence-electron chi connectivity index (χ1n) is 7.56. The Balaban J connectivity index is 1.57. The van der Waals surface area contributed by atoms with Crippen molar-refractivity contribution in [1.29, 1.82) is 0 Å². The first kappa shape index (κ1) is 15.3. The SMILES string of the molecule is O=C(Nc1ccc(Cl)cc1)N1CCc2[nH]c3ncc(Cl)cc3c2C1. The summed E-state index contributed by atoms with van der Waals surface area (Å²) in [5.41, 5.74) is 3.73. The molecule has 4 rings (SSSR count). The highest BCUT2D eigenvalue weighted by Crippen LogP contribution is 2.28. The van der Waals surface area contributed by atoms with Crippen LogP contribution in [0.15, 0.2) is 36.5 Å². The molecule has 0 unspecified atom stereocenters. The van der Waals surface area contributed by atoms with Crippen LogP contribution in [0.4, 0.5) is 10.5 Å². The maximum Gasteiger partial charge on any atom is 0.322 e. The Labute approximate surface area is 148 Å². The number of pyridine rings is 1. The summed E-state index contributed by atoms with van der Waals surface area (Å²) in [6, 6.07) is 8.82. The zero-order valence-corrected chi connectivity index (χ0v) is 14.2. The molecule has 0 radical (unpaired) electrons. The van der Waals surface area contributed by atoms with Crippen molar-refractivity contribution >= 4 is 46.0 Å². The molecule has 2 aromatic heterocycles. The lowest BCUT2D eigenvalue weighted by molar-refractivity contribution is 0.206. The fraction of sp³-hybridized carbons (Fsp3) is 0.176. The van der Waals surface area contributed by atoms with Gasteiger partial charge in [-0.3, -0.25) is 0 Å². The number of hydrogen-bond acceptors (Lipinski definition) is 2. The molecule has 0 fully saturated rings.